The van der Waals surface area contributed by atoms with Gasteiger partial charge in [-0.05, 0) is 49.2 Å². The fraction of sp³-hybridized carbons (Fsp3) is 0.429. The highest BCUT2D eigenvalue weighted by Crippen LogP contribution is 2.59. The summed E-state index contributed by atoms with van der Waals surface area (Å²) in [4.78, 5) is 69.7. The summed E-state index contributed by atoms with van der Waals surface area (Å²) in [5.41, 5.74) is 8.67. The number of ether oxygens (including phenoxy) is 6. The number of nitrogens with zero attached hydrogens (tertiary/aromatic N) is 6. The summed E-state index contributed by atoms with van der Waals surface area (Å²) >= 11 is 0. The summed E-state index contributed by atoms with van der Waals surface area (Å²) in [6.45, 7) is 2.51. The summed E-state index contributed by atoms with van der Waals surface area (Å²) in [5.74, 6) is -1.20. The minimum Gasteiger partial charge on any atom is -0.424 e. The molecule has 6 aliphatic heterocycles. The second-order valence-electron chi connectivity index (χ2n) is 17.8. The normalized spacial score (nSPS) is 33.3. The van der Waals surface area contributed by atoms with Crippen molar-refractivity contribution in [1.82, 2.24) is 39.0 Å². The number of phosphoric acid groups is 2. The Hall–Kier alpha value is -6.72. The van der Waals surface area contributed by atoms with Crippen molar-refractivity contribution in [2.75, 3.05) is 37.9 Å². The minimum atomic E-state index is -4.09. The van der Waals surface area contributed by atoms with Crippen LogP contribution in [-0.4, -0.2) is 113 Å². The van der Waals surface area contributed by atoms with Gasteiger partial charge in [0, 0.05) is 12.8 Å². The molecule has 0 aliphatic carbocycles. The van der Waals surface area contributed by atoms with E-state index in [9.17, 15) is 37.1 Å². The highest BCUT2D eigenvalue weighted by Gasteiger charge is 2.66. The maximum Gasteiger partial charge on any atom is 0.509 e. The van der Waals surface area contributed by atoms with Crippen LogP contribution in [0.25, 0.3) is 22.3 Å². The lowest BCUT2D eigenvalue weighted by atomic mass is 9.96. The van der Waals surface area contributed by atoms with Crippen molar-refractivity contribution in [3.8, 4) is 0 Å². The number of nitrogens with one attached hydrogen (secondary N) is 2. The summed E-state index contributed by atoms with van der Waals surface area (Å²) in [6.07, 6.45) is -6.06. The van der Waals surface area contributed by atoms with Crippen molar-refractivity contribution in [2.24, 2.45) is 0 Å². The van der Waals surface area contributed by atoms with Crippen molar-refractivity contribution in [3.05, 3.63) is 105 Å². The van der Waals surface area contributed by atoms with E-state index < -0.39 is 111 Å². The maximum atomic E-state index is 13.7. The number of halogens is 2. The van der Waals surface area contributed by atoms with Gasteiger partial charge in [0.2, 0.25) is 11.9 Å². The van der Waals surface area contributed by atoms with Crippen LogP contribution in [-0.2, 0) is 64.7 Å². The molecule has 6 saturated heterocycles. The molecular formula is C42H42F2N10O18P2. The van der Waals surface area contributed by atoms with Gasteiger partial charge in [-0.2, -0.15) is 9.97 Å². The average Bonchev–Trinajstić information content (AvgIpc) is 4.20. The molecule has 6 aromatic rings. The first kappa shape index (κ1) is 49.5. The zero-order chi connectivity index (χ0) is 51.9. The van der Waals surface area contributed by atoms with Gasteiger partial charge in [-0.25, -0.2) is 37.5 Å². The molecule has 6 aliphatic rings. The number of rotatable bonds is 10. The molecule has 0 amide bonds. The predicted molar refractivity (Wildman–Crippen MR) is 241 cm³/mol. The molecule has 32 heteroatoms. The van der Waals surface area contributed by atoms with Crippen LogP contribution in [0.15, 0.2) is 70.8 Å². The molecule has 0 unspecified atom stereocenters. The van der Waals surface area contributed by atoms with E-state index in [0.717, 1.165) is 0 Å². The molecule has 0 saturated carbocycles. The Labute approximate surface area is 413 Å². The van der Waals surface area contributed by atoms with Crippen molar-refractivity contribution < 1.29 is 83.1 Å². The largest absolute Gasteiger partial charge is 0.509 e. The van der Waals surface area contributed by atoms with Crippen LogP contribution in [0.2, 0.25) is 0 Å². The maximum absolute atomic E-state index is 13.7. The Morgan fingerprint density at radius 3 is 1.51 bits per heavy atom. The van der Waals surface area contributed by atoms with E-state index >= 15 is 0 Å². The topological polar surface area (TPSA) is 358 Å². The van der Waals surface area contributed by atoms with Crippen LogP contribution in [0.5, 0.6) is 0 Å². The van der Waals surface area contributed by atoms with Gasteiger partial charge >= 0.3 is 28.0 Å². The lowest BCUT2D eigenvalue weighted by Gasteiger charge is -2.29. The Bertz CT molecular complexity index is 3210. The first-order valence-electron chi connectivity index (χ1n) is 22.5. The van der Waals surface area contributed by atoms with E-state index in [0.29, 0.717) is 24.0 Å². The first-order valence-corrected chi connectivity index (χ1v) is 25.4. The van der Waals surface area contributed by atoms with Gasteiger partial charge in [-0.1, -0.05) is 24.3 Å². The van der Waals surface area contributed by atoms with Crippen molar-refractivity contribution >= 4 is 62.2 Å². The van der Waals surface area contributed by atoms with Gasteiger partial charge < -0.3 is 39.9 Å². The summed E-state index contributed by atoms with van der Waals surface area (Å²) in [6, 6.07) is 11.5. The molecule has 2 aromatic carbocycles. The number of hydrogen-bond acceptors (Lipinski definition) is 24. The first-order chi connectivity index (χ1) is 35.3. The number of aromatic nitrogens is 8. The molecule has 28 nitrogen and oxygen atoms in total. The molecule has 12 atom stereocenters. The van der Waals surface area contributed by atoms with Crippen LogP contribution >= 0.6 is 15.6 Å². The highest BCUT2D eigenvalue weighted by molar-refractivity contribution is 7.48. The molecule has 0 spiro atoms. The molecule has 74 heavy (non-hydrogen) atoms. The van der Waals surface area contributed by atoms with Gasteiger partial charge in [-0.3, -0.25) is 55.8 Å². The van der Waals surface area contributed by atoms with Crippen LogP contribution in [0.4, 0.5) is 30.3 Å². The van der Waals surface area contributed by atoms with Gasteiger partial charge in [0.15, 0.2) is 58.2 Å². The molecule has 10 heterocycles. The van der Waals surface area contributed by atoms with E-state index in [4.69, 9.17) is 67.0 Å². The van der Waals surface area contributed by atoms with E-state index in [2.05, 4.69) is 29.9 Å². The Morgan fingerprint density at radius 2 is 1.11 bits per heavy atom. The quantitative estimate of drug-likeness (QED) is 0.107. The fourth-order valence-corrected chi connectivity index (χ4v) is 12.3. The van der Waals surface area contributed by atoms with Gasteiger partial charge in [0.05, 0.1) is 51.3 Å². The molecule has 0 bridgehead atoms. The number of nitrogen functional groups attached to an aromatic ring is 2. The van der Waals surface area contributed by atoms with E-state index in [-0.39, 0.29) is 60.7 Å². The number of H-pyrrole nitrogens is 2. The van der Waals surface area contributed by atoms with Crippen LogP contribution in [0.3, 0.4) is 0 Å². The molecular weight excluding hydrogens is 1030 g/mol. The van der Waals surface area contributed by atoms with Gasteiger partial charge in [0.25, 0.3) is 11.1 Å². The standard InChI is InChI=1S/2C21H21FN5O9P/c2*1-21-15(34-20(29)35-21)13(33-18(21)27-9-24-14-16(27)25-19(23)26-17(14)28)8-32-37(30)31-6-5-12(36-37)10-3-2-4-11(22)7-10/h2*2-4,7,9,12-13,15,18H,5-6,8H2,1H3,(H3,23,25,26,28)/t12-,13+,15+,18+,21+,37+;12-,13-,15-,18-,21-,37+/m01/s1. The summed E-state index contributed by atoms with van der Waals surface area (Å²) in [5, 5.41) is 0. The highest BCUT2D eigenvalue weighted by atomic mass is 31.2. The zero-order valence-corrected chi connectivity index (χ0v) is 40.3. The predicted octanol–water partition coefficient (Wildman–Crippen LogP) is 4.67. The molecule has 12 rings (SSSR count). The number of anilines is 2. The van der Waals surface area contributed by atoms with Gasteiger partial charge in [-0.15, -0.1) is 0 Å². The second kappa shape index (κ2) is 18.6. The number of phosphoric ester groups is 2. The van der Waals surface area contributed by atoms with Crippen molar-refractivity contribution in [1.29, 1.82) is 0 Å². The number of nitrogens with two attached hydrogens (primary N) is 2. The lowest BCUT2D eigenvalue weighted by Crippen LogP contribution is -2.42. The Morgan fingerprint density at radius 1 is 0.689 bits per heavy atom. The minimum absolute atomic E-state index is 0.000255. The number of carbonyl (C=O) groups excluding carboxylic acids is 2. The number of aromatic amines is 2. The van der Waals surface area contributed by atoms with Crippen LogP contribution in [0, 0.1) is 11.6 Å². The number of hydrogen-bond donors (Lipinski definition) is 4. The third kappa shape index (κ3) is 8.98. The molecule has 392 valence electrons. The lowest BCUT2D eigenvalue weighted by molar-refractivity contribution is -0.0927. The Kier molecular flexibility index (Phi) is 12.4. The summed E-state index contributed by atoms with van der Waals surface area (Å²) in [7, 11) is -8.17. The van der Waals surface area contributed by atoms with Crippen LogP contribution < -0.4 is 22.6 Å². The molecule has 4 aromatic heterocycles. The monoisotopic (exact) mass is 1070 g/mol. The van der Waals surface area contributed by atoms with Crippen LogP contribution in [0.1, 0.15) is 62.5 Å². The average molecular weight is 1070 g/mol. The number of imidazole rings is 2. The third-order valence-corrected chi connectivity index (χ3v) is 15.8. The van der Waals surface area contributed by atoms with E-state index in [1.54, 1.807) is 26.0 Å². The van der Waals surface area contributed by atoms with E-state index in [1.165, 1.54) is 58.2 Å². The smallest absolute Gasteiger partial charge is 0.424 e. The van der Waals surface area contributed by atoms with E-state index in [1.807, 2.05) is 0 Å². The second-order valence-corrected chi connectivity index (χ2v) is 21.0. The number of fused-ring (bicyclic) bond motifs is 4. The SMILES string of the molecule is C[C@@]12OC(=O)O[C@@H]1[C@@H](CO[P@@]1(=O)OCC[C@@H](c3cccc(F)c3)O1)O[C@H]2n1cnc2c(=O)[nH]c(N)nc21.C[C@@]12OC(=O)O[C@@H]1[C@@H](CO[P@]1(=O)OCC[C@H](c3cccc(F)c3)O1)O[C@H]2n1cnc2c(=O)[nH]c(N)nc21. The number of benzene rings is 2. The van der Waals surface area contributed by atoms with Crippen molar-refractivity contribution in [2.45, 2.75) is 87.0 Å². The molecule has 6 fully saturated rings. The zero-order valence-electron chi connectivity index (χ0n) is 38.5. The summed E-state index contributed by atoms with van der Waals surface area (Å²) < 4.78 is 123. The Balaban J connectivity index is 0.000000159. The molecule has 0 radical (unpaired) electrons. The number of carbonyl (C=O) groups is 2. The third-order valence-electron chi connectivity index (χ3n) is 12.9. The van der Waals surface area contributed by atoms with Gasteiger partial charge in [0.1, 0.15) is 23.8 Å². The fourth-order valence-electron chi connectivity index (χ4n) is 9.50. The van der Waals surface area contributed by atoms with Crippen molar-refractivity contribution in [3.63, 3.8) is 0 Å². The molecule has 6 N–H and O–H groups in total.